The van der Waals surface area contributed by atoms with Gasteiger partial charge in [0.1, 0.15) is 5.69 Å². The van der Waals surface area contributed by atoms with Crippen molar-refractivity contribution in [2.45, 2.75) is 25.9 Å². The lowest BCUT2D eigenvalue weighted by Crippen LogP contribution is -2.25. The molecule has 19 heavy (non-hydrogen) atoms. The molecule has 0 aliphatic rings. The molecule has 1 aromatic heterocycles. The van der Waals surface area contributed by atoms with Gasteiger partial charge in [0.2, 0.25) is 5.82 Å². The van der Waals surface area contributed by atoms with Crippen molar-refractivity contribution in [3.05, 3.63) is 15.8 Å². The number of nitro groups is 1. The summed E-state index contributed by atoms with van der Waals surface area (Å²) in [6.07, 6.45) is 0.602. The van der Waals surface area contributed by atoms with E-state index in [1.54, 1.807) is 7.05 Å². The van der Waals surface area contributed by atoms with Crippen LogP contribution in [0, 0.1) is 10.1 Å². The van der Waals surface area contributed by atoms with E-state index in [1.807, 2.05) is 6.92 Å². The van der Waals surface area contributed by atoms with Gasteiger partial charge >= 0.3 is 5.69 Å². The standard InChI is InChI=1S/C11H20N4O4/c1-4-5-9-10(15(17)18)11(14(2)13-9)12-6-8(16)7-19-3/h8,12,16H,4-7H2,1-3H3. The van der Waals surface area contributed by atoms with E-state index in [-0.39, 0.29) is 18.8 Å². The van der Waals surface area contributed by atoms with Crippen molar-refractivity contribution >= 4 is 11.5 Å². The summed E-state index contributed by atoms with van der Waals surface area (Å²) in [6.45, 7) is 2.27. The van der Waals surface area contributed by atoms with Crippen LogP contribution in [0.15, 0.2) is 0 Å². The second-order valence-corrected chi connectivity index (χ2v) is 4.26. The molecule has 1 aromatic rings. The topological polar surface area (TPSA) is 102 Å². The molecule has 8 heteroatoms. The molecule has 1 unspecified atom stereocenters. The Morgan fingerprint density at radius 1 is 1.63 bits per heavy atom. The molecule has 0 spiro atoms. The van der Waals surface area contributed by atoms with E-state index < -0.39 is 11.0 Å². The number of rotatable bonds is 8. The fourth-order valence-electron chi connectivity index (χ4n) is 1.83. The van der Waals surface area contributed by atoms with E-state index in [0.717, 1.165) is 6.42 Å². The summed E-state index contributed by atoms with van der Waals surface area (Å²) in [5, 5.41) is 27.7. The van der Waals surface area contributed by atoms with Crippen molar-refractivity contribution < 1.29 is 14.8 Å². The van der Waals surface area contributed by atoms with Crippen molar-refractivity contribution in [3.63, 3.8) is 0 Å². The number of aromatic nitrogens is 2. The van der Waals surface area contributed by atoms with Gasteiger partial charge in [0, 0.05) is 20.7 Å². The van der Waals surface area contributed by atoms with Gasteiger partial charge in [0.25, 0.3) is 0 Å². The molecule has 0 bridgehead atoms. The Morgan fingerprint density at radius 2 is 2.32 bits per heavy atom. The molecular weight excluding hydrogens is 252 g/mol. The molecule has 2 N–H and O–H groups in total. The van der Waals surface area contributed by atoms with Gasteiger partial charge in [0.15, 0.2) is 0 Å². The lowest BCUT2D eigenvalue weighted by atomic mass is 10.2. The van der Waals surface area contributed by atoms with Crippen LogP contribution in [-0.4, -0.2) is 46.2 Å². The first kappa shape index (κ1) is 15.4. The Balaban J connectivity index is 2.89. The maximum Gasteiger partial charge on any atom is 0.333 e. The minimum atomic E-state index is -0.728. The summed E-state index contributed by atoms with van der Waals surface area (Å²) < 4.78 is 6.23. The summed E-state index contributed by atoms with van der Waals surface area (Å²) in [4.78, 5) is 10.7. The highest BCUT2D eigenvalue weighted by Crippen LogP contribution is 2.28. The number of aliphatic hydroxyl groups is 1. The third-order valence-corrected chi connectivity index (χ3v) is 2.63. The molecule has 8 nitrogen and oxygen atoms in total. The van der Waals surface area contributed by atoms with Crippen LogP contribution in [0.5, 0.6) is 0 Å². The van der Waals surface area contributed by atoms with Crippen LogP contribution < -0.4 is 5.32 Å². The van der Waals surface area contributed by atoms with Gasteiger partial charge in [-0.3, -0.25) is 10.1 Å². The Morgan fingerprint density at radius 3 is 2.84 bits per heavy atom. The number of nitrogens with zero attached hydrogens (tertiary/aromatic N) is 3. The van der Waals surface area contributed by atoms with Gasteiger partial charge in [-0.1, -0.05) is 13.3 Å². The molecule has 0 aliphatic heterocycles. The zero-order valence-electron chi connectivity index (χ0n) is 11.4. The van der Waals surface area contributed by atoms with Gasteiger partial charge in [-0.15, -0.1) is 0 Å². The van der Waals surface area contributed by atoms with Crippen molar-refractivity contribution in [2.24, 2.45) is 7.05 Å². The summed E-state index contributed by atoms with van der Waals surface area (Å²) in [5.41, 5.74) is 0.438. The SMILES string of the molecule is CCCc1nn(C)c(NCC(O)COC)c1[N+](=O)[O-]. The summed E-state index contributed by atoms with van der Waals surface area (Å²) in [7, 11) is 3.12. The number of nitrogens with one attached hydrogen (secondary N) is 1. The number of ether oxygens (including phenoxy) is 1. The monoisotopic (exact) mass is 272 g/mol. The molecule has 0 saturated carbocycles. The minimum Gasteiger partial charge on any atom is -0.389 e. The first-order chi connectivity index (χ1) is 9.01. The zero-order chi connectivity index (χ0) is 14.4. The highest BCUT2D eigenvalue weighted by atomic mass is 16.6. The summed E-state index contributed by atoms with van der Waals surface area (Å²) in [5.74, 6) is 0.309. The first-order valence-electron chi connectivity index (χ1n) is 6.12. The van der Waals surface area contributed by atoms with Gasteiger partial charge in [-0.05, 0) is 6.42 Å². The quantitative estimate of drug-likeness (QED) is 0.533. The van der Waals surface area contributed by atoms with Crippen LogP contribution in [-0.2, 0) is 18.2 Å². The fourth-order valence-corrected chi connectivity index (χ4v) is 1.83. The Hall–Kier alpha value is -1.67. The lowest BCUT2D eigenvalue weighted by Gasteiger charge is -2.11. The average Bonchev–Trinajstić information content (AvgIpc) is 2.64. The maximum atomic E-state index is 11.1. The van der Waals surface area contributed by atoms with Crippen LogP contribution in [0.3, 0.4) is 0 Å². The van der Waals surface area contributed by atoms with Crippen LogP contribution in [0.1, 0.15) is 19.0 Å². The molecular formula is C11H20N4O4. The highest BCUT2D eigenvalue weighted by molar-refractivity contribution is 5.59. The van der Waals surface area contributed by atoms with E-state index >= 15 is 0 Å². The first-order valence-corrected chi connectivity index (χ1v) is 6.12. The molecule has 0 amide bonds. The van der Waals surface area contributed by atoms with E-state index in [9.17, 15) is 15.2 Å². The Labute approximate surface area is 111 Å². The molecule has 0 fully saturated rings. The Kier molecular flexibility index (Phi) is 5.71. The normalized spacial score (nSPS) is 12.4. The van der Waals surface area contributed by atoms with E-state index in [4.69, 9.17) is 4.74 Å². The number of hydrogen-bond donors (Lipinski definition) is 2. The van der Waals surface area contributed by atoms with Crippen LogP contribution in [0.25, 0.3) is 0 Å². The molecule has 0 radical (unpaired) electrons. The van der Waals surface area contributed by atoms with Crippen molar-refractivity contribution in [2.75, 3.05) is 25.6 Å². The maximum absolute atomic E-state index is 11.1. The Bertz CT molecular complexity index is 433. The third kappa shape index (κ3) is 3.90. The second-order valence-electron chi connectivity index (χ2n) is 4.26. The molecule has 108 valence electrons. The average molecular weight is 272 g/mol. The molecule has 0 aliphatic carbocycles. The van der Waals surface area contributed by atoms with Gasteiger partial charge in [-0.2, -0.15) is 5.10 Å². The fraction of sp³-hybridized carbons (Fsp3) is 0.727. The second kappa shape index (κ2) is 7.05. The predicted molar refractivity (Wildman–Crippen MR) is 70.2 cm³/mol. The zero-order valence-corrected chi connectivity index (χ0v) is 11.4. The van der Waals surface area contributed by atoms with Crippen molar-refractivity contribution in [1.29, 1.82) is 0 Å². The molecule has 1 rings (SSSR count). The molecule has 0 aromatic carbocycles. The minimum absolute atomic E-state index is 0.0195. The van der Waals surface area contributed by atoms with Crippen molar-refractivity contribution in [3.8, 4) is 0 Å². The number of hydrogen-bond acceptors (Lipinski definition) is 6. The van der Waals surface area contributed by atoms with Crippen LogP contribution in [0.2, 0.25) is 0 Å². The number of methoxy groups -OCH3 is 1. The van der Waals surface area contributed by atoms with Crippen molar-refractivity contribution in [1.82, 2.24) is 9.78 Å². The summed E-state index contributed by atoms with van der Waals surface area (Å²) in [6, 6.07) is 0. The van der Waals surface area contributed by atoms with E-state index in [2.05, 4.69) is 10.4 Å². The third-order valence-electron chi connectivity index (χ3n) is 2.63. The van der Waals surface area contributed by atoms with Crippen LogP contribution in [0.4, 0.5) is 11.5 Å². The molecule has 1 heterocycles. The molecule has 1 atom stereocenters. The van der Waals surface area contributed by atoms with E-state index in [0.29, 0.717) is 17.9 Å². The number of anilines is 1. The van der Waals surface area contributed by atoms with E-state index in [1.165, 1.54) is 11.8 Å². The smallest absolute Gasteiger partial charge is 0.333 e. The number of aliphatic hydroxyl groups excluding tert-OH is 1. The van der Waals surface area contributed by atoms with Gasteiger partial charge < -0.3 is 15.2 Å². The molecule has 0 saturated heterocycles. The number of aryl methyl sites for hydroxylation is 2. The predicted octanol–water partition coefficient (Wildman–Crippen LogP) is 0.700. The summed E-state index contributed by atoms with van der Waals surface area (Å²) >= 11 is 0. The lowest BCUT2D eigenvalue weighted by molar-refractivity contribution is -0.384. The largest absolute Gasteiger partial charge is 0.389 e. The van der Waals surface area contributed by atoms with Gasteiger partial charge in [0.05, 0.1) is 17.6 Å². The van der Waals surface area contributed by atoms with Gasteiger partial charge in [-0.25, -0.2) is 4.68 Å². The van der Waals surface area contributed by atoms with Crippen LogP contribution >= 0.6 is 0 Å². The highest BCUT2D eigenvalue weighted by Gasteiger charge is 2.26.